The van der Waals surface area contributed by atoms with Gasteiger partial charge in [0.05, 0.1) is 0 Å². The van der Waals surface area contributed by atoms with E-state index in [-0.39, 0.29) is 11.3 Å². The zero-order chi connectivity index (χ0) is 13.9. The van der Waals surface area contributed by atoms with Crippen LogP contribution in [0.5, 0.6) is 0 Å². The van der Waals surface area contributed by atoms with Crippen molar-refractivity contribution in [3.05, 3.63) is 0 Å². The van der Waals surface area contributed by atoms with Gasteiger partial charge in [0.25, 0.3) is 0 Å². The van der Waals surface area contributed by atoms with Gasteiger partial charge >= 0.3 is 5.97 Å². The molecule has 100 valence electrons. The maximum absolute atomic E-state index is 11.7. The lowest BCUT2D eigenvalue weighted by Gasteiger charge is -2.26. The van der Waals surface area contributed by atoms with E-state index < -0.39 is 17.4 Å². The van der Waals surface area contributed by atoms with Crippen LogP contribution in [0.3, 0.4) is 0 Å². The monoisotopic (exact) mass is 243 g/mol. The summed E-state index contributed by atoms with van der Waals surface area (Å²) in [6.45, 7) is 11.3. The predicted molar refractivity (Wildman–Crippen MR) is 68.0 cm³/mol. The molecular formula is C13H25NO3. The minimum Gasteiger partial charge on any atom is -0.480 e. The Labute approximate surface area is 104 Å². The van der Waals surface area contributed by atoms with Crippen molar-refractivity contribution in [3.8, 4) is 0 Å². The first-order valence-corrected chi connectivity index (χ1v) is 5.97. The average Bonchev–Trinajstić information content (AvgIpc) is 2.07. The van der Waals surface area contributed by atoms with Gasteiger partial charge in [-0.05, 0) is 27.2 Å². The molecule has 4 nitrogen and oxygen atoms in total. The second kappa shape index (κ2) is 5.63. The molecule has 0 saturated heterocycles. The van der Waals surface area contributed by atoms with Crippen LogP contribution >= 0.6 is 0 Å². The Balaban J connectivity index is 4.40. The van der Waals surface area contributed by atoms with Crippen molar-refractivity contribution in [2.45, 2.75) is 66.0 Å². The zero-order valence-electron chi connectivity index (χ0n) is 11.8. The van der Waals surface area contributed by atoms with Crippen LogP contribution in [0, 0.1) is 5.41 Å². The maximum atomic E-state index is 11.7. The number of carboxylic acid groups (broad SMARTS) is 1. The molecule has 0 heterocycles. The fourth-order valence-electron chi connectivity index (χ4n) is 1.43. The third kappa shape index (κ3) is 7.10. The van der Waals surface area contributed by atoms with Gasteiger partial charge in [-0.1, -0.05) is 20.8 Å². The van der Waals surface area contributed by atoms with Gasteiger partial charge in [-0.25, -0.2) is 0 Å². The van der Waals surface area contributed by atoms with E-state index in [1.165, 1.54) is 0 Å². The number of rotatable bonds is 5. The number of hydrogen-bond acceptors (Lipinski definition) is 3. The normalized spacial score (nSPS) is 14.5. The number of ketones is 1. The molecule has 0 rings (SSSR count). The third-order valence-electron chi connectivity index (χ3n) is 2.40. The molecule has 4 heteroatoms. The zero-order valence-corrected chi connectivity index (χ0v) is 11.8. The Hall–Kier alpha value is -0.900. The van der Waals surface area contributed by atoms with Crippen molar-refractivity contribution in [2.24, 2.45) is 5.41 Å². The molecule has 1 atom stereocenters. The van der Waals surface area contributed by atoms with Crippen LogP contribution in [0.2, 0.25) is 0 Å². The number of carbonyl (C=O) groups is 2. The topological polar surface area (TPSA) is 66.4 Å². The molecule has 0 saturated carbocycles. The molecule has 0 fully saturated rings. The third-order valence-corrected chi connectivity index (χ3v) is 2.40. The summed E-state index contributed by atoms with van der Waals surface area (Å²) >= 11 is 0. The highest BCUT2D eigenvalue weighted by atomic mass is 16.4. The van der Waals surface area contributed by atoms with Crippen LogP contribution in [0.4, 0.5) is 0 Å². The fourth-order valence-corrected chi connectivity index (χ4v) is 1.43. The van der Waals surface area contributed by atoms with Gasteiger partial charge < -0.3 is 5.11 Å². The number of aliphatic carboxylic acids is 1. The first-order chi connectivity index (χ1) is 7.43. The van der Waals surface area contributed by atoms with Gasteiger partial charge in [-0.3, -0.25) is 14.9 Å². The first kappa shape index (κ1) is 16.1. The Bertz CT molecular complexity index is 284. The van der Waals surface area contributed by atoms with Crippen LogP contribution in [-0.4, -0.2) is 28.4 Å². The van der Waals surface area contributed by atoms with Crippen LogP contribution in [0.15, 0.2) is 0 Å². The van der Waals surface area contributed by atoms with Gasteiger partial charge in [-0.15, -0.1) is 0 Å². The van der Waals surface area contributed by atoms with Gasteiger partial charge in [-0.2, -0.15) is 0 Å². The molecular weight excluding hydrogens is 218 g/mol. The lowest BCUT2D eigenvalue weighted by Crippen LogP contribution is -2.48. The molecule has 0 aromatic rings. The molecule has 0 amide bonds. The minimum atomic E-state index is -0.901. The second-order valence-corrected chi connectivity index (χ2v) is 6.50. The maximum Gasteiger partial charge on any atom is 0.320 e. The quantitative estimate of drug-likeness (QED) is 0.777. The van der Waals surface area contributed by atoms with Crippen LogP contribution < -0.4 is 5.32 Å². The molecule has 0 bridgehead atoms. The van der Waals surface area contributed by atoms with Crippen molar-refractivity contribution in [3.63, 3.8) is 0 Å². The Morgan fingerprint density at radius 1 is 1.12 bits per heavy atom. The summed E-state index contributed by atoms with van der Waals surface area (Å²) in [6, 6.07) is -0.665. The molecule has 0 aromatic carbocycles. The second-order valence-electron chi connectivity index (χ2n) is 6.50. The molecule has 0 aromatic heterocycles. The van der Waals surface area contributed by atoms with E-state index in [0.717, 1.165) is 0 Å². The molecule has 2 N–H and O–H groups in total. The smallest absolute Gasteiger partial charge is 0.320 e. The van der Waals surface area contributed by atoms with E-state index in [4.69, 9.17) is 5.11 Å². The van der Waals surface area contributed by atoms with E-state index >= 15 is 0 Å². The highest BCUT2D eigenvalue weighted by Gasteiger charge is 2.27. The number of Topliss-reactive ketones (excluding diaryl/α,β-unsaturated/α-hetero) is 1. The molecule has 0 radical (unpaired) electrons. The largest absolute Gasteiger partial charge is 0.480 e. The highest BCUT2D eigenvalue weighted by Crippen LogP contribution is 2.18. The molecule has 0 aliphatic rings. The summed E-state index contributed by atoms with van der Waals surface area (Å²) in [5, 5.41) is 12.1. The van der Waals surface area contributed by atoms with Crippen molar-refractivity contribution >= 4 is 11.8 Å². The lowest BCUT2D eigenvalue weighted by molar-refractivity contribution is -0.140. The van der Waals surface area contributed by atoms with Crippen molar-refractivity contribution in [2.75, 3.05) is 0 Å². The first-order valence-electron chi connectivity index (χ1n) is 5.97. The summed E-state index contributed by atoms with van der Waals surface area (Å²) in [7, 11) is 0. The van der Waals surface area contributed by atoms with Crippen LogP contribution in [0.1, 0.15) is 54.4 Å². The van der Waals surface area contributed by atoms with Gasteiger partial charge in [0, 0.05) is 17.4 Å². The average molecular weight is 243 g/mol. The van der Waals surface area contributed by atoms with E-state index in [1.807, 2.05) is 41.5 Å². The Kier molecular flexibility index (Phi) is 5.33. The van der Waals surface area contributed by atoms with Crippen LogP contribution in [0.25, 0.3) is 0 Å². The number of carbonyl (C=O) groups excluding carboxylic acids is 1. The van der Waals surface area contributed by atoms with Crippen LogP contribution in [-0.2, 0) is 9.59 Å². The summed E-state index contributed by atoms with van der Waals surface area (Å²) < 4.78 is 0. The van der Waals surface area contributed by atoms with Crippen molar-refractivity contribution < 1.29 is 14.7 Å². The minimum absolute atomic E-state index is 0.0967. The van der Waals surface area contributed by atoms with E-state index in [9.17, 15) is 9.59 Å². The van der Waals surface area contributed by atoms with E-state index in [1.54, 1.807) is 0 Å². The highest BCUT2D eigenvalue weighted by molar-refractivity contribution is 5.84. The SMILES string of the molecule is CC(C)(C)NC(CCC(=O)C(C)(C)C)C(=O)O. The fraction of sp³-hybridized carbons (Fsp3) is 0.846. The summed E-state index contributed by atoms with van der Waals surface area (Å²) in [4.78, 5) is 22.8. The summed E-state index contributed by atoms with van der Waals surface area (Å²) in [5.74, 6) is -0.805. The lowest BCUT2D eigenvalue weighted by atomic mass is 9.87. The number of carboxylic acids is 1. The number of hydrogen-bond donors (Lipinski definition) is 2. The summed E-state index contributed by atoms with van der Waals surface area (Å²) in [6.07, 6.45) is 0.631. The van der Waals surface area contributed by atoms with E-state index in [2.05, 4.69) is 5.32 Å². The van der Waals surface area contributed by atoms with Crippen molar-refractivity contribution in [1.82, 2.24) is 5.32 Å². The summed E-state index contributed by atoms with van der Waals surface area (Å²) in [5.41, 5.74) is -0.668. The molecule has 17 heavy (non-hydrogen) atoms. The standard InChI is InChI=1S/C13H25NO3/c1-12(2,3)10(15)8-7-9(11(16)17)14-13(4,5)6/h9,14H,7-8H2,1-6H3,(H,16,17). The number of nitrogens with one attached hydrogen (secondary N) is 1. The van der Waals surface area contributed by atoms with Crippen molar-refractivity contribution in [1.29, 1.82) is 0 Å². The molecule has 0 spiro atoms. The Morgan fingerprint density at radius 3 is 1.88 bits per heavy atom. The predicted octanol–water partition coefficient (Wildman–Crippen LogP) is 2.22. The molecule has 0 aliphatic carbocycles. The van der Waals surface area contributed by atoms with Gasteiger partial charge in [0.15, 0.2) is 0 Å². The molecule has 1 unspecified atom stereocenters. The van der Waals surface area contributed by atoms with Gasteiger partial charge in [0.1, 0.15) is 11.8 Å². The van der Waals surface area contributed by atoms with E-state index in [0.29, 0.717) is 12.8 Å². The molecule has 0 aliphatic heterocycles. The van der Waals surface area contributed by atoms with Gasteiger partial charge in [0.2, 0.25) is 0 Å². The Morgan fingerprint density at radius 2 is 1.59 bits per heavy atom.